The van der Waals surface area contributed by atoms with Gasteiger partial charge in [-0.05, 0) is 17.7 Å². The lowest BCUT2D eigenvalue weighted by molar-refractivity contribution is 0.140. The Morgan fingerprint density at radius 3 is 2.71 bits per heavy atom. The number of carbonyl (C=O) groups is 1. The van der Waals surface area contributed by atoms with Gasteiger partial charge in [0.15, 0.2) is 0 Å². The summed E-state index contributed by atoms with van der Waals surface area (Å²) in [7, 11) is 0. The fourth-order valence-electron chi connectivity index (χ4n) is 2.10. The highest BCUT2D eigenvalue weighted by Gasteiger charge is 2.07. The second-order valence-corrected chi connectivity index (χ2v) is 6.02. The van der Waals surface area contributed by atoms with Gasteiger partial charge >= 0.3 is 6.09 Å². The summed E-state index contributed by atoms with van der Waals surface area (Å²) in [5, 5.41) is 5.68. The number of rotatable bonds is 6. The van der Waals surface area contributed by atoms with Gasteiger partial charge in [0.25, 0.3) is 0 Å². The van der Waals surface area contributed by atoms with Crippen molar-refractivity contribution in [1.29, 1.82) is 0 Å². The molecule has 3 aromatic rings. The molecule has 0 saturated heterocycles. The van der Waals surface area contributed by atoms with Crippen molar-refractivity contribution in [2.45, 2.75) is 13.0 Å². The molecule has 0 aliphatic rings. The first kappa shape index (κ1) is 16.1. The molecule has 0 unspecified atom stereocenters. The zero-order chi connectivity index (χ0) is 16.6. The molecule has 1 aromatic carbocycles. The minimum absolute atomic E-state index is 0.272. The fraction of sp³-hybridized carbons (Fsp3) is 0.167. The quantitative estimate of drug-likeness (QED) is 0.744. The van der Waals surface area contributed by atoms with Crippen molar-refractivity contribution in [3.63, 3.8) is 0 Å². The van der Waals surface area contributed by atoms with Crippen LogP contribution >= 0.6 is 11.3 Å². The van der Waals surface area contributed by atoms with Gasteiger partial charge in [0.05, 0.1) is 16.4 Å². The maximum atomic E-state index is 11.7. The lowest BCUT2D eigenvalue weighted by Crippen LogP contribution is -2.26. The molecule has 0 aliphatic heterocycles. The first-order valence-corrected chi connectivity index (χ1v) is 8.49. The van der Waals surface area contributed by atoms with E-state index in [4.69, 9.17) is 4.74 Å². The Morgan fingerprint density at radius 1 is 1.08 bits per heavy atom. The molecule has 6 heteroatoms. The molecule has 2 aromatic heterocycles. The Bertz CT molecular complexity index is 775. The third-order valence-electron chi connectivity index (χ3n) is 3.30. The SMILES string of the molecule is O=C(NCCc1nc(-c2ccccn2)cs1)OCc1ccccc1. The van der Waals surface area contributed by atoms with Gasteiger partial charge in [-0.3, -0.25) is 4.98 Å². The number of thiazole rings is 1. The molecule has 122 valence electrons. The van der Waals surface area contributed by atoms with Crippen LogP contribution in [-0.2, 0) is 17.8 Å². The van der Waals surface area contributed by atoms with Gasteiger partial charge in [-0.25, -0.2) is 9.78 Å². The first-order chi connectivity index (χ1) is 11.8. The molecule has 5 nitrogen and oxygen atoms in total. The van der Waals surface area contributed by atoms with E-state index < -0.39 is 6.09 Å². The van der Waals surface area contributed by atoms with E-state index >= 15 is 0 Å². The third kappa shape index (κ3) is 4.63. The van der Waals surface area contributed by atoms with Gasteiger partial charge in [-0.2, -0.15) is 0 Å². The number of benzene rings is 1. The molecule has 0 spiro atoms. The largest absolute Gasteiger partial charge is 0.445 e. The lowest BCUT2D eigenvalue weighted by Gasteiger charge is -2.06. The molecule has 0 radical (unpaired) electrons. The minimum atomic E-state index is -0.416. The van der Waals surface area contributed by atoms with Gasteiger partial charge in [-0.15, -0.1) is 11.3 Å². The van der Waals surface area contributed by atoms with Crippen LogP contribution in [0.3, 0.4) is 0 Å². The Morgan fingerprint density at radius 2 is 1.92 bits per heavy atom. The normalized spacial score (nSPS) is 10.3. The monoisotopic (exact) mass is 339 g/mol. The Kier molecular flexibility index (Phi) is 5.52. The van der Waals surface area contributed by atoms with Crippen LogP contribution < -0.4 is 5.32 Å². The predicted octanol–water partition coefficient (Wildman–Crippen LogP) is 3.67. The number of nitrogens with zero attached hydrogens (tertiary/aromatic N) is 2. The molecule has 24 heavy (non-hydrogen) atoms. The molecule has 0 fully saturated rings. The number of ether oxygens (including phenoxy) is 1. The number of nitrogens with one attached hydrogen (secondary N) is 1. The highest BCUT2D eigenvalue weighted by Crippen LogP contribution is 2.19. The summed E-state index contributed by atoms with van der Waals surface area (Å²) in [4.78, 5) is 20.5. The second-order valence-electron chi connectivity index (χ2n) is 5.08. The molecule has 0 saturated carbocycles. The number of carbonyl (C=O) groups excluding carboxylic acids is 1. The van der Waals surface area contributed by atoms with Crippen molar-refractivity contribution >= 4 is 17.4 Å². The zero-order valence-electron chi connectivity index (χ0n) is 13.0. The van der Waals surface area contributed by atoms with Crippen LogP contribution in [0, 0.1) is 0 Å². The van der Waals surface area contributed by atoms with Gasteiger partial charge in [0, 0.05) is 24.5 Å². The van der Waals surface area contributed by atoms with Crippen LogP contribution in [-0.4, -0.2) is 22.6 Å². The van der Waals surface area contributed by atoms with Crippen molar-refractivity contribution in [2.75, 3.05) is 6.54 Å². The summed E-state index contributed by atoms with van der Waals surface area (Å²) in [6.45, 7) is 0.760. The van der Waals surface area contributed by atoms with Crippen molar-refractivity contribution in [2.24, 2.45) is 0 Å². The van der Waals surface area contributed by atoms with Crippen LogP contribution in [0.5, 0.6) is 0 Å². The standard InChI is InChI=1S/C18H17N3O2S/c22-18(23-12-14-6-2-1-3-7-14)20-11-9-17-21-16(13-24-17)15-8-4-5-10-19-15/h1-8,10,13H,9,11-12H2,(H,20,22). The average Bonchev–Trinajstić information content (AvgIpc) is 3.11. The molecule has 0 aliphatic carbocycles. The van der Waals surface area contributed by atoms with E-state index in [2.05, 4.69) is 15.3 Å². The molecule has 1 amide bonds. The molecular weight excluding hydrogens is 322 g/mol. The van der Waals surface area contributed by atoms with E-state index in [9.17, 15) is 4.79 Å². The molecular formula is C18H17N3O2S. The number of pyridine rings is 1. The number of alkyl carbamates (subject to hydrolysis) is 1. The van der Waals surface area contributed by atoms with Crippen LogP contribution in [0.2, 0.25) is 0 Å². The second kappa shape index (κ2) is 8.21. The zero-order valence-corrected chi connectivity index (χ0v) is 13.8. The highest BCUT2D eigenvalue weighted by molar-refractivity contribution is 7.09. The summed E-state index contributed by atoms with van der Waals surface area (Å²) >= 11 is 1.56. The summed E-state index contributed by atoms with van der Waals surface area (Å²) < 4.78 is 5.16. The highest BCUT2D eigenvalue weighted by atomic mass is 32.1. The average molecular weight is 339 g/mol. The van der Waals surface area contributed by atoms with Crippen LogP contribution in [0.15, 0.2) is 60.1 Å². The van der Waals surface area contributed by atoms with E-state index in [1.165, 1.54) is 0 Å². The van der Waals surface area contributed by atoms with E-state index in [0.29, 0.717) is 13.0 Å². The number of aromatic nitrogens is 2. The Labute approximate surface area is 144 Å². The van der Waals surface area contributed by atoms with E-state index in [-0.39, 0.29) is 6.61 Å². The molecule has 0 bridgehead atoms. The molecule has 0 atom stereocenters. The van der Waals surface area contributed by atoms with Crippen LogP contribution in [0.4, 0.5) is 4.79 Å². The van der Waals surface area contributed by atoms with Gasteiger partial charge in [-0.1, -0.05) is 36.4 Å². The Hall–Kier alpha value is -2.73. The van der Waals surface area contributed by atoms with Gasteiger partial charge in [0.1, 0.15) is 6.61 Å². The number of hydrogen-bond acceptors (Lipinski definition) is 5. The summed E-state index contributed by atoms with van der Waals surface area (Å²) in [5.74, 6) is 0. The van der Waals surface area contributed by atoms with Gasteiger partial charge in [0.2, 0.25) is 0 Å². The summed E-state index contributed by atoms with van der Waals surface area (Å²) in [5.41, 5.74) is 2.69. The lowest BCUT2D eigenvalue weighted by atomic mass is 10.2. The third-order valence-corrected chi connectivity index (χ3v) is 4.21. The predicted molar refractivity (Wildman–Crippen MR) is 93.7 cm³/mol. The summed E-state index contributed by atoms with van der Waals surface area (Å²) in [6.07, 6.45) is 2.00. The first-order valence-electron chi connectivity index (χ1n) is 7.61. The smallest absolute Gasteiger partial charge is 0.407 e. The maximum Gasteiger partial charge on any atom is 0.407 e. The number of amides is 1. The number of hydrogen-bond donors (Lipinski definition) is 1. The summed E-state index contributed by atoms with van der Waals surface area (Å²) in [6, 6.07) is 15.3. The molecule has 1 N–H and O–H groups in total. The molecule has 2 heterocycles. The van der Waals surface area contributed by atoms with Crippen molar-refractivity contribution in [1.82, 2.24) is 15.3 Å². The van der Waals surface area contributed by atoms with Crippen molar-refractivity contribution in [3.8, 4) is 11.4 Å². The Balaban J connectivity index is 1.42. The fourth-order valence-corrected chi connectivity index (χ4v) is 2.90. The van der Waals surface area contributed by atoms with Crippen LogP contribution in [0.25, 0.3) is 11.4 Å². The maximum absolute atomic E-state index is 11.7. The van der Waals surface area contributed by atoms with E-state index in [0.717, 1.165) is 22.0 Å². The van der Waals surface area contributed by atoms with Crippen molar-refractivity contribution < 1.29 is 9.53 Å². The molecule has 3 rings (SSSR count). The van der Waals surface area contributed by atoms with E-state index in [1.54, 1.807) is 17.5 Å². The van der Waals surface area contributed by atoms with E-state index in [1.807, 2.05) is 53.9 Å². The van der Waals surface area contributed by atoms with Gasteiger partial charge < -0.3 is 10.1 Å². The minimum Gasteiger partial charge on any atom is -0.445 e. The topological polar surface area (TPSA) is 64.1 Å². The van der Waals surface area contributed by atoms with Crippen molar-refractivity contribution in [3.05, 3.63) is 70.7 Å². The van der Waals surface area contributed by atoms with Crippen LogP contribution in [0.1, 0.15) is 10.6 Å².